The Morgan fingerprint density at radius 2 is 1.54 bits per heavy atom. The molecule has 0 aromatic heterocycles. The zero-order chi connectivity index (χ0) is 33.3. The molecule has 0 fully saturated rings. The molecule has 0 aliphatic heterocycles. The molecule has 0 aliphatic carbocycles. The SMILES string of the molecule is CCNC(=O)C(Cc1ccccc1)N(Cc1ccc(Cl)c(Cl)c1)C(=O)CN(c1ccc(F)cc1)S(=O)(=O)c1ccc(OCC)cc1. The minimum absolute atomic E-state index is 0.0655. The van der Waals surface area contributed by atoms with Crippen molar-refractivity contribution in [3.63, 3.8) is 0 Å². The lowest BCUT2D eigenvalue weighted by atomic mass is 10.0. The predicted molar refractivity (Wildman–Crippen MR) is 178 cm³/mol. The monoisotopic (exact) mass is 685 g/mol. The maximum Gasteiger partial charge on any atom is 0.264 e. The van der Waals surface area contributed by atoms with Crippen LogP contribution in [0, 0.1) is 5.82 Å². The number of likely N-dealkylation sites (N-methyl/N-ethyl adjacent to an activating group) is 1. The molecule has 2 amide bonds. The number of sulfonamides is 1. The summed E-state index contributed by atoms with van der Waals surface area (Å²) in [5, 5.41) is 3.38. The highest BCUT2D eigenvalue weighted by molar-refractivity contribution is 7.92. The van der Waals surface area contributed by atoms with Gasteiger partial charge in [-0.3, -0.25) is 13.9 Å². The minimum atomic E-state index is -4.36. The van der Waals surface area contributed by atoms with Crippen molar-refractivity contribution in [3.05, 3.63) is 124 Å². The molecule has 0 heterocycles. The Morgan fingerprint density at radius 3 is 2.15 bits per heavy atom. The average molecular weight is 687 g/mol. The minimum Gasteiger partial charge on any atom is -0.494 e. The number of hydrogen-bond donors (Lipinski definition) is 1. The number of rotatable bonds is 14. The Balaban J connectivity index is 1.79. The highest BCUT2D eigenvalue weighted by atomic mass is 35.5. The molecule has 1 unspecified atom stereocenters. The van der Waals surface area contributed by atoms with Gasteiger partial charge in [0.1, 0.15) is 24.2 Å². The van der Waals surface area contributed by atoms with Crippen LogP contribution in [-0.4, -0.2) is 50.9 Å². The Morgan fingerprint density at radius 1 is 0.870 bits per heavy atom. The number of nitrogens with zero attached hydrogens (tertiary/aromatic N) is 2. The van der Waals surface area contributed by atoms with Crippen LogP contribution in [-0.2, 0) is 32.6 Å². The lowest BCUT2D eigenvalue weighted by Crippen LogP contribution is -2.53. The van der Waals surface area contributed by atoms with E-state index < -0.39 is 40.2 Å². The second kappa shape index (κ2) is 15.9. The van der Waals surface area contributed by atoms with Gasteiger partial charge in [-0.25, -0.2) is 12.8 Å². The van der Waals surface area contributed by atoms with Gasteiger partial charge in [0, 0.05) is 19.5 Å². The van der Waals surface area contributed by atoms with E-state index >= 15 is 0 Å². The van der Waals surface area contributed by atoms with Crippen molar-refractivity contribution in [2.45, 2.75) is 37.8 Å². The van der Waals surface area contributed by atoms with E-state index in [-0.39, 0.29) is 28.6 Å². The number of halogens is 3. The highest BCUT2D eigenvalue weighted by Gasteiger charge is 2.34. The van der Waals surface area contributed by atoms with E-state index in [4.69, 9.17) is 27.9 Å². The summed E-state index contributed by atoms with van der Waals surface area (Å²) in [6, 6.07) is 23.6. The normalized spacial score (nSPS) is 11.8. The molecule has 0 saturated carbocycles. The number of amides is 2. The van der Waals surface area contributed by atoms with Gasteiger partial charge < -0.3 is 15.0 Å². The van der Waals surface area contributed by atoms with Crippen molar-refractivity contribution >= 4 is 50.7 Å². The van der Waals surface area contributed by atoms with E-state index in [2.05, 4.69) is 5.32 Å². The van der Waals surface area contributed by atoms with Gasteiger partial charge in [-0.05, 0) is 85.6 Å². The van der Waals surface area contributed by atoms with E-state index in [1.807, 2.05) is 37.3 Å². The van der Waals surface area contributed by atoms with Gasteiger partial charge in [0.25, 0.3) is 10.0 Å². The predicted octanol–water partition coefficient (Wildman–Crippen LogP) is 6.50. The molecule has 0 bridgehead atoms. The summed E-state index contributed by atoms with van der Waals surface area (Å²) in [5.74, 6) is -1.18. The Bertz CT molecular complexity index is 1740. The second-order valence-electron chi connectivity index (χ2n) is 10.3. The molecule has 4 rings (SSSR count). The molecule has 4 aromatic carbocycles. The maximum atomic E-state index is 14.4. The molecule has 242 valence electrons. The summed E-state index contributed by atoms with van der Waals surface area (Å²) in [6.07, 6.45) is 0.155. The molecule has 12 heteroatoms. The third kappa shape index (κ3) is 8.78. The standard InChI is InChI=1S/C34H34Cl2FN3O5S/c1-3-38-34(42)32(21-24-8-6-5-7-9-24)39(22-25-10-19-30(35)31(36)20-25)33(41)23-40(27-13-11-26(37)12-14-27)46(43,44)29-17-15-28(16-18-29)45-4-2/h5-20,32H,3-4,21-23H2,1-2H3,(H,38,42). The van der Waals surface area contributed by atoms with Gasteiger partial charge in [-0.1, -0.05) is 59.6 Å². The number of nitrogens with one attached hydrogen (secondary N) is 1. The van der Waals surface area contributed by atoms with Gasteiger partial charge in [0.15, 0.2) is 0 Å². The maximum absolute atomic E-state index is 14.4. The largest absolute Gasteiger partial charge is 0.494 e. The summed E-state index contributed by atoms with van der Waals surface area (Å²) in [6.45, 7) is 3.52. The molecule has 0 radical (unpaired) electrons. The molecule has 1 atom stereocenters. The van der Waals surface area contributed by atoms with Crippen LogP contribution in [0.1, 0.15) is 25.0 Å². The summed E-state index contributed by atoms with van der Waals surface area (Å²) in [7, 11) is -4.36. The van der Waals surface area contributed by atoms with Crippen LogP contribution in [0.2, 0.25) is 10.0 Å². The first-order valence-electron chi connectivity index (χ1n) is 14.6. The zero-order valence-corrected chi connectivity index (χ0v) is 27.7. The summed E-state index contributed by atoms with van der Waals surface area (Å²) in [4.78, 5) is 29.2. The number of carbonyl (C=O) groups excluding carboxylic acids is 2. The highest BCUT2D eigenvalue weighted by Crippen LogP contribution is 2.28. The van der Waals surface area contributed by atoms with E-state index in [1.54, 1.807) is 25.1 Å². The van der Waals surface area contributed by atoms with Crippen LogP contribution in [0.15, 0.2) is 102 Å². The topological polar surface area (TPSA) is 96.0 Å². The first-order chi connectivity index (χ1) is 22.0. The van der Waals surface area contributed by atoms with Crippen LogP contribution in [0.3, 0.4) is 0 Å². The number of anilines is 1. The second-order valence-corrected chi connectivity index (χ2v) is 12.9. The lowest BCUT2D eigenvalue weighted by Gasteiger charge is -2.34. The van der Waals surface area contributed by atoms with Crippen molar-refractivity contribution in [1.82, 2.24) is 10.2 Å². The van der Waals surface area contributed by atoms with Crippen LogP contribution in [0.4, 0.5) is 10.1 Å². The van der Waals surface area contributed by atoms with Crippen molar-refractivity contribution in [2.75, 3.05) is 24.0 Å². The summed E-state index contributed by atoms with van der Waals surface area (Å²) >= 11 is 12.4. The molecular weight excluding hydrogens is 652 g/mol. The quantitative estimate of drug-likeness (QED) is 0.163. The average Bonchev–Trinajstić information content (AvgIpc) is 3.04. The fourth-order valence-corrected chi connectivity index (χ4v) is 6.55. The van der Waals surface area contributed by atoms with Gasteiger partial charge in [-0.15, -0.1) is 0 Å². The third-order valence-corrected chi connectivity index (χ3v) is 9.60. The molecule has 4 aromatic rings. The Labute approximate surface area is 278 Å². The van der Waals surface area contributed by atoms with Gasteiger partial charge in [0.05, 0.1) is 27.2 Å². The van der Waals surface area contributed by atoms with Crippen LogP contribution < -0.4 is 14.4 Å². The molecule has 8 nitrogen and oxygen atoms in total. The van der Waals surface area contributed by atoms with Gasteiger partial charge in [0.2, 0.25) is 11.8 Å². The van der Waals surface area contributed by atoms with Crippen molar-refractivity contribution < 1.29 is 27.1 Å². The van der Waals surface area contributed by atoms with Crippen LogP contribution in [0.5, 0.6) is 5.75 Å². The summed E-state index contributed by atoms with van der Waals surface area (Å²) < 4.78 is 48.5. The molecule has 0 saturated heterocycles. The number of benzene rings is 4. The van der Waals surface area contributed by atoms with E-state index in [0.29, 0.717) is 29.5 Å². The van der Waals surface area contributed by atoms with Gasteiger partial charge >= 0.3 is 0 Å². The molecular formula is C34H34Cl2FN3O5S. The third-order valence-electron chi connectivity index (χ3n) is 7.08. The van der Waals surface area contributed by atoms with Crippen LogP contribution >= 0.6 is 23.2 Å². The van der Waals surface area contributed by atoms with E-state index in [0.717, 1.165) is 22.0 Å². The number of ether oxygens (including phenoxy) is 1. The number of carbonyl (C=O) groups is 2. The summed E-state index contributed by atoms with van der Waals surface area (Å²) in [5.41, 5.74) is 1.44. The van der Waals surface area contributed by atoms with Crippen molar-refractivity contribution in [2.24, 2.45) is 0 Å². The fraction of sp³-hybridized carbons (Fsp3) is 0.235. The van der Waals surface area contributed by atoms with Crippen molar-refractivity contribution in [3.8, 4) is 5.75 Å². The fourth-order valence-electron chi connectivity index (χ4n) is 4.82. The molecule has 0 spiro atoms. The first-order valence-corrected chi connectivity index (χ1v) is 16.8. The van der Waals surface area contributed by atoms with Crippen LogP contribution in [0.25, 0.3) is 0 Å². The van der Waals surface area contributed by atoms with E-state index in [9.17, 15) is 22.4 Å². The number of hydrogen-bond acceptors (Lipinski definition) is 5. The molecule has 1 N–H and O–H groups in total. The Kier molecular flexibility index (Phi) is 12.0. The first kappa shape index (κ1) is 34.7. The smallest absolute Gasteiger partial charge is 0.264 e. The Hall–Kier alpha value is -4.12. The van der Waals surface area contributed by atoms with E-state index in [1.165, 1.54) is 41.3 Å². The lowest BCUT2D eigenvalue weighted by molar-refractivity contribution is -0.140. The van der Waals surface area contributed by atoms with Gasteiger partial charge in [-0.2, -0.15) is 0 Å². The van der Waals surface area contributed by atoms with Crippen molar-refractivity contribution in [1.29, 1.82) is 0 Å². The zero-order valence-electron chi connectivity index (χ0n) is 25.3. The molecule has 46 heavy (non-hydrogen) atoms. The molecule has 0 aliphatic rings.